The van der Waals surface area contributed by atoms with Crippen LogP contribution in [0.5, 0.6) is 0 Å². The van der Waals surface area contributed by atoms with Gasteiger partial charge in [-0.25, -0.2) is 9.97 Å². The van der Waals surface area contributed by atoms with Gasteiger partial charge in [-0.3, -0.25) is 0 Å². The maximum absolute atomic E-state index is 9.00. The zero-order valence-corrected chi connectivity index (χ0v) is 10.6. The molecule has 0 saturated heterocycles. The fourth-order valence-electron chi connectivity index (χ4n) is 1.56. The molecule has 1 heterocycles. The number of aromatic nitrogens is 2. The summed E-state index contributed by atoms with van der Waals surface area (Å²) in [6.07, 6.45) is 8.86. The molecule has 1 fully saturated rings. The quantitative estimate of drug-likeness (QED) is 0.735. The third kappa shape index (κ3) is 4.37. The molecule has 0 amide bonds. The fourth-order valence-corrected chi connectivity index (χ4v) is 1.87. The van der Waals surface area contributed by atoms with E-state index in [1.807, 2.05) is 6.26 Å². The maximum Gasteiger partial charge on any atom is 0.219 e. The van der Waals surface area contributed by atoms with Crippen molar-refractivity contribution < 1.29 is 5.11 Å². The van der Waals surface area contributed by atoms with Crippen molar-refractivity contribution in [2.45, 2.75) is 37.2 Å². The highest BCUT2D eigenvalue weighted by molar-refractivity contribution is 7.98. The smallest absolute Gasteiger partial charge is 0.219 e. The first-order chi connectivity index (χ1) is 7.63. The van der Waals surface area contributed by atoms with Gasteiger partial charge in [0, 0.05) is 17.3 Å². The molecule has 1 aliphatic rings. The van der Waals surface area contributed by atoms with Gasteiger partial charge in [-0.1, -0.05) is 13.3 Å². The summed E-state index contributed by atoms with van der Waals surface area (Å²) in [5, 5.41) is 9.00. The first kappa shape index (κ1) is 13.3. The fraction of sp³-hybridized carbons (Fsp3) is 0.636. The molecule has 0 aromatic carbocycles. The summed E-state index contributed by atoms with van der Waals surface area (Å²) in [5.74, 6) is 0.896. The Morgan fingerprint density at radius 2 is 2.00 bits per heavy atom. The largest absolute Gasteiger partial charge is 0.393 e. The predicted molar refractivity (Wildman–Crippen MR) is 67.2 cm³/mol. The van der Waals surface area contributed by atoms with Crippen LogP contribution in [0.3, 0.4) is 0 Å². The van der Waals surface area contributed by atoms with Crippen LogP contribution in [0, 0.1) is 5.92 Å². The van der Waals surface area contributed by atoms with Crippen LogP contribution >= 0.6 is 11.8 Å². The van der Waals surface area contributed by atoms with Crippen molar-refractivity contribution in [1.82, 2.24) is 9.97 Å². The molecule has 1 saturated carbocycles. The van der Waals surface area contributed by atoms with E-state index in [4.69, 9.17) is 10.8 Å². The highest BCUT2D eigenvalue weighted by Gasteiger charge is 2.19. The Labute approximate surface area is 101 Å². The number of hydrogen-bond acceptors (Lipinski definition) is 5. The molecule has 1 aromatic heterocycles. The summed E-state index contributed by atoms with van der Waals surface area (Å²) in [6.45, 7) is 2.11. The number of thioether (sulfide) groups is 1. The third-order valence-corrected chi connectivity index (χ3v) is 3.38. The lowest BCUT2D eigenvalue weighted by Crippen LogP contribution is -2.07. The molecule has 1 aromatic rings. The van der Waals surface area contributed by atoms with E-state index >= 15 is 0 Å². The second kappa shape index (κ2) is 6.70. The number of anilines is 1. The van der Waals surface area contributed by atoms with Crippen LogP contribution in [0.15, 0.2) is 17.3 Å². The van der Waals surface area contributed by atoms with Crippen molar-refractivity contribution in [2.24, 2.45) is 5.92 Å². The zero-order chi connectivity index (χ0) is 12.0. The van der Waals surface area contributed by atoms with Crippen molar-refractivity contribution in [3.63, 3.8) is 0 Å². The Morgan fingerprint density at radius 3 is 2.31 bits per heavy atom. The third-order valence-electron chi connectivity index (χ3n) is 2.70. The molecule has 2 unspecified atom stereocenters. The number of nitrogens with two attached hydrogens (primary N) is 1. The van der Waals surface area contributed by atoms with Gasteiger partial charge in [-0.05, 0) is 25.0 Å². The molecule has 90 valence electrons. The van der Waals surface area contributed by atoms with E-state index in [1.54, 1.807) is 24.2 Å². The van der Waals surface area contributed by atoms with Gasteiger partial charge in [0.2, 0.25) is 5.95 Å². The van der Waals surface area contributed by atoms with E-state index in [0.717, 1.165) is 11.3 Å². The highest BCUT2D eigenvalue weighted by Crippen LogP contribution is 2.23. The normalized spacial score (nSPS) is 23.7. The number of rotatable bonds is 1. The minimum Gasteiger partial charge on any atom is -0.393 e. The molecule has 2 rings (SSSR count). The van der Waals surface area contributed by atoms with Gasteiger partial charge >= 0.3 is 0 Å². The zero-order valence-electron chi connectivity index (χ0n) is 9.76. The second-order valence-corrected chi connectivity index (χ2v) is 4.84. The molecule has 2 atom stereocenters. The standard InChI is InChI=1S/C6H12O.C5H7N3S/c1-5-3-2-4-6(5)7;1-9-4-2-7-5(6)8-3-4/h5-7H,2-4H2,1H3;2-3H,1H3,(H2,6,7,8). The van der Waals surface area contributed by atoms with Crippen molar-refractivity contribution in [1.29, 1.82) is 0 Å². The van der Waals surface area contributed by atoms with Crippen LogP contribution in [0.4, 0.5) is 5.95 Å². The maximum atomic E-state index is 9.00. The lowest BCUT2D eigenvalue weighted by Gasteiger charge is -2.04. The summed E-state index contributed by atoms with van der Waals surface area (Å²) < 4.78 is 0. The van der Waals surface area contributed by atoms with Gasteiger partial charge in [0.1, 0.15) is 0 Å². The number of aliphatic hydroxyl groups excluding tert-OH is 1. The monoisotopic (exact) mass is 241 g/mol. The molecule has 0 radical (unpaired) electrons. The summed E-state index contributed by atoms with van der Waals surface area (Å²) >= 11 is 1.60. The van der Waals surface area contributed by atoms with Gasteiger partial charge in [0.15, 0.2) is 0 Å². The Morgan fingerprint density at radius 1 is 1.38 bits per heavy atom. The second-order valence-electron chi connectivity index (χ2n) is 3.96. The van der Waals surface area contributed by atoms with E-state index in [9.17, 15) is 0 Å². The van der Waals surface area contributed by atoms with Crippen LogP contribution in [0.2, 0.25) is 0 Å². The number of nitrogens with zero attached hydrogens (tertiary/aromatic N) is 2. The van der Waals surface area contributed by atoms with Crippen LogP contribution in [0.1, 0.15) is 26.2 Å². The SMILES string of the molecule is CC1CCCC1O.CSc1cnc(N)nc1. The summed E-state index contributed by atoms with van der Waals surface area (Å²) in [5.41, 5.74) is 5.25. The lowest BCUT2D eigenvalue weighted by molar-refractivity contribution is 0.141. The highest BCUT2D eigenvalue weighted by atomic mass is 32.2. The van der Waals surface area contributed by atoms with Crippen LogP contribution in [0.25, 0.3) is 0 Å². The Balaban J connectivity index is 0.000000165. The molecule has 16 heavy (non-hydrogen) atoms. The Hall–Kier alpha value is -0.810. The van der Waals surface area contributed by atoms with Gasteiger partial charge in [0.25, 0.3) is 0 Å². The van der Waals surface area contributed by atoms with Crippen molar-refractivity contribution >= 4 is 17.7 Å². The minimum absolute atomic E-state index is 0.0139. The summed E-state index contributed by atoms with van der Waals surface area (Å²) in [4.78, 5) is 8.62. The van der Waals surface area contributed by atoms with Gasteiger partial charge in [-0.15, -0.1) is 11.8 Å². The van der Waals surface area contributed by atoms with E-state index < -0.39 is 0 Å². The van der Waals surface area contributed by atoms with E-state index in [2.05, 4.69) is 16.9 Å². The van der Waals surface area contributed by atoms with Gasteiger partial charge in [-0.2, -0.15) is 0 Å². The minimum atomic E-state index is 0.0139. The van der Waals surface area contributed by atoms with Gasteiger partial charge in [0.05, 0.1) is 6.10 Å². The van der Waals surface area contributed by atoms with Crippen molar-refractivity contribution in [2.75, 3.05) is 12.0 Å². The average molecular weight is 241 g/mol. The first-order valence-electron chi connectivity index (χ1n) is 5.43. The molecular formula is C11H19N3OS. The predicted octanol–water partition coefficient (Wildman–Crippen LogP) is 1.95. The van der Waals surface area contributed by atoms with Crippen molar-refractivity contribution in [3.8, 4) is 0 Å². The summed E-state index contributed by atoms with van der Waals surface area (Å²) in [7, 11) is 0. The van der Waals surface area contributed by atoms with Crippen molar-refractivity contribution in [3.05, 3.63) is 12.4 Å². The lowest BCUT2D eigenvalue weighted by atomic mass is 10.1. The molecule has 4 nitrogen and oxygen atoms in total. The van der Waals surface area contributed by atoms with Crippen LogP contribution in [-0.4, -0.2) is 27.4 Å². The van der Waals surface area contributed by atoms with Crippen LogP contribution < -0.4 is 5.73 Å². The first-order valence-corrected chi connectivity index (χ1v) is 6.65. The molecule has 1 aliphatic carbocycles. The molecule has 0 aliphatic heterocycles. The molecule has 0 spiro atoms. The van der Waals surface area contributed by atoms with E-state index in [0.29, 0.717) is 11.9 Å². The molecule has 3 N–H and O–H groups in total. The molecular weight excluding hydrogens is 222 g/mol. The average Bonchev–Trinajstić information content (AvgIpc) is 2.65. The van der Waals surface area contributed by atoms with E-state index in [1.165, 1.54) is 12.8 Å². The Bertz CT molecular complexity index is 297. The molecule has 0 bridgehead atoms. The number of aliphatic hydroxyl groups is 1. The molecule has 5 heteroatoms. The van der Waals surface area contributed by atoms with E-state index in [-0.39, 0.29) is 6.10 Å². The topological polar surface area (TPSA) is 72.0 Å². The van der Waals surface area contributed by atoms with Crippen LogP contribution in [-0.2, 0) is 0 Å². The summed E-state index contributed by atoms with van der Waals surface area (Å²) in [6, 6.07) is 0. The number of hydrogen-bond donors (Lipinski definition) is 2. The number of nitrogen functional groups attached to an aromatic ring is 1. The Kier molecular flexibility index (Phi) is 5.55. The van der Waals surface area contributed by atoms with Gasteiger partial charge < -0.3 is 10.8 Å².